The molecule has 5 nitrogen and oxygen atoms in total. The van der Waals surface area contributed by atoms with Crippen LogP contribution in [0.3, 0.4) is 0 Å². The molecule has 0 aromatic rings. The van der Waals surface area contributed by atoms with Crippen LogP contribution in [0.25, 0.3) is 0 Å². The monoisotopic (exact) mass is 408 g/mol. The molecular formula is C22H26F2O5. The second-order valence-corrected chi connectivity index (χ2v) is 10.0. The van der Waals surface area contributed by atoms with Crippen LogP contribution >= 0.6 is 0 Å². The van der Waals surface area contributed by atoms with Crippen molar-refractivity contribution in [1.29, 1.82) is 0 Å². The zero-order valence-electron chi connectivity index (χ0n) is 16.7. The quantitative estimate of drug-likeness (QED) is 0.684. The Labute approximate surface area is 167 Å². The van der Waals surface area contributed by atoms with Gasteiger partial charge in [0.1, 0.15) is 24.0 Å². The normalized spacial score (nSPS) is 55.1. The molecule has 29 heavy (non-hydrogen) atoms. The van der Waals surface area contributed by atoms with E-state index in [1.54, 1.807) is 19.9 Å². The van der Waals surface area contributed by atoms with Crippen LogP contribution in [0.2, 0.25) is 0 Å². The first-order chi connectivity index (χ1) is 13.5. The molecule has 1 heterocycles. The van der Waals surface area contributed by atoms with E-state index in [-0.39, 0.29) is 29.9 Å². The third kappa shape index (κ3) is 1.87. The number of ketones is 2. The Balaban J connectivity index is 1.64. The fourth-order valence-electron chi connectivity index (χ4n) is 7.78. The zero-order valence-corrected chi connectivity index (χ0v) is 16.7. The van der Waals surface area contributed by atoms with Crippen molar-refractivity contribution in [3.8, 4) is 0 Å². The maximum absolute atomic E-state index is 15.3. The van der Waals surface area contributed by atoms with Gasteiger partial charge in [-0.05, 0) is 50.0 Å². The van der Waals surface area contributed by atoms with Crippen molar-refractivity contribution in [1.82, 2.24) is 0 Å². The molecular weight excluding hydrogens is 382 g/mol. The van der Waals surface area contributed by atoms with Crippen LogP contribution in [0, 0.1) is 28.6 Å². The highest BCUT2D eigenvalue weighted by atomic mass is 19.1. The van der Waals surface area contributed by atoms with Crippen molar-refractivity contribution in [3.05, 3.63) is 23.6 Å². The summed E-state index contributed by atoms with van der Waals surface area (Å²) in [5.41, 5.74) is -4.62. The van der Waals surface area contributed by atoms with E-state index in [9.17, 15) is 24.2 Å². The third-order valence-electron chi connectivity index (χ3n) is 9.15. The zero-order chi connectivity index (χ0) is 21.1. The summed E-state index contributed by atoms with van der Waals surface area (Å²) in [7, 11) is 0. The standard InChI is InChI=1S/C22H26F2O5/c1-10-6-11-12-7-13(23)17-18(24)14(26)4-5-19(17,2)22(12)16(29-22)8-20(11,3)21(10,28)15(27)9-25/h4-5,10-13,16,25,28H,6-9H2,1-3H3/t10-,11+,12+,13+,16?,19+,20+,21+,22?/m1/s1. The summed E-state index contributed by atoms with van der Waals surface area (Å²) in [5.74, 6) is -3.40. The summed E-state index contributed by atoms with van der Waals surface area (Å²) < 4.78 is 36.2. The number of carbonyl (C=O) groups excluding carboxylic acids is 2. The summed E-state index contributed by atoms with van der Waals surface area (Å²) in [4.78, 5) is 24.5. The highest BCUT2D eigenvalue weighted by molar-refractivity contribution is 6.04. The number of rotatable bonds is 2. The minimum Gasteiger partial charge on any atom is -0.388 e. The van der Waals surface area contributed by atoms with Gasteiger partial charge in [0.2, 0.25) is 5.78 Å². The molecule has 9 atom stereocenters. The van der Waals surface area contributed by atoms with Gasteiger partial charge >= 0.3 is 0 Å². The maximum atomic E-state index is 15.3. The molecule has 0 radical (unpaired) electrons. The van der Waals surface area contributed by atoms with E-state index in [1.165, 1.54) is 0 Å². The van der Waals surface area contributed by atoms with Crippen LogP contribution in [0.5, 0.6) is 0 Å². The molecule has 0 bridgehead atoms. The van der Waals surface area contributed by atoms with Crippen molar-refractivity contribution in [3.63, 3.8) is 0 Å². The van der Waals surface area contributed by atoms with Crippen LogP contribution in [-0.2, 0) is 14.3 Å². The third-order valence-corrected chi connectivity index (χ3v) is 9.15. The minimum absolute atomic E-state index is 0.00760. The maximum Gasteiger partial charge on any atom is 0.213 e. The van der Waals surface area contributed by atoms with E-state index in [4.69, 9.17) is 4.74 Å². The van der Waals surface area contributed by atoms with Gasteiger partial charge in [-0.2, -0.15) is 0 Å². The number of aliphatic hydroxyl groups is 2. The van der Waals surface area contributed by atoms with Gasteiger partial charge < -0.3 is 14.9 Å². The van der Waals surface area contributed by atoms with Gasteiger partial charge in [0.25, 0.3) is 0 Å². The molecule has 2 unspecified atom stereocenters. The van der Waals surface area contributed by atoms with Crippen molar-refractivity contribution in [2.45, 2.75) is 63.5 Å². The van der Waals surface area contributed by atoms with Gasteiger partial charge in [-0.15, -0.1) is 0 Å². The lowest BCUT2D eigenvalue weighted by molar-refractivity contribution is -0.166. The van der Waals surface area contributed by atoms with Crippen molar-refractivity contribution >= 4 is 11.6 Å². The molecule has 1 saturated heterocycles. The highest BCUT2D eigenvalue weighted by Crippen LogP contribution is 2.76. The van der Waals surface area contributed by atoms with Crippen LogP contribution in [-0.4, -0.2) is 51.9 Å². The molecule has 7 heteroatoms. The minimum atomic E-state index is -1.71. The summed E-state index contributed by atoms with van der Waals surface area (Å²) in [6, 6.07) is 0. The SMILES string of the molecule is C[C@@H]1C[C@H]2[C@@H]3C[C@H](F)C4=C(F)C(=O)C=C[C@]4(C)C34OC4C[C@]2(C)[C@@]1(O)C(=O)CO. The topological polar surface area (TPSA) is 87.1 Å². The van der Waals surface area contributed by atoms with Crippen molar-refractivity contribution < 1.29 is 33.3 Å². The number of ether oxygens (including phenoxy) is 1. The van der Waals surface area contributed by atoms with Gasteiger partial charge in [-0.1, -0.05) is 19.9 Å². The van der Waals surface area contributed by atoms with E-state index < -0.39 is 58.1 Å². The molecule has 1 aliphatic heterocycles. The number of aliphatic hydroxyl groups excluding tert-OH is 1. The molecule has 0 aromatic heterocycles. The van der Waals surface area contributed by atoms with Gasteiger partial charge in [0, 0.05) is 16.4 Å². The second kappa shape index (κ2) is 5.42. The number of Topliss-reactive ketones (excluding diaryl/α,β-unsaturated/α-hetero) is 1. The Morgan fingerprint density at radius 2 is 2.00 bits per heavy atom. The number of carbonyl (C=O) groups is 2. The van der Waals surface area contributed by atoms with Crippen LogP contribution in [0.15, 0.2) is 23.6 Å². The molecule has 5 aliphatic rings. The number of fused-ring (bicyclic) bond motifs is 3. The predicted octanol–water partition coefficient (Wildman–Crippen LogP) is 2.21. The lowest BCUT2D eigenvalue weighted by atomic mass is 9.46. The molecule has 4 fully saturated rings. The fraction of sp³-hybridized carbons (Fsp3) is 0.727. The number of epoxide rings is 1. The fourth-order valence-corrected chi connectivity index (χ4v) is 7.78. The Morgan fingerprint density at radius 3 is 2.66 bits per heavy atom. The number of hydrogen-bond acceptors (Lipinski definition) is 5. The molecule has 2 N–H and O–H groups in total. The average Bonchev–Trinajstić information content (AvgIpc) is 3.35. The van der Waals surface area contributed by atoms with E-state index in [2.05, 4.69) is 0 Å². The number of halogens is 2. The van der Waals surface area contributed by atoms with E-state index in [0.29, 0.717) is 12.8 Å². The van der Waals surface area contributed by atoms with E-state index in [1.807, 2.05) is 6.92 Å². The summed E-state index contributed by atoms with van der Waals surface area (Å²) in [6.45, 7) is 4.60. The Morgan fingerprint density at radius 1 is 1.31 bits per heavy atom. The molecule has 1 spiro atoms. The first-order valence-corrected chi connectivity index (χ1v) is 10.3. The second-order valence-electron chi connectivity index (χ2n) is 10.0. The predicted molar refractivity (Wildman–Crippen MR) is 98.0 cm³/mol. The molecule has 3 saturated carbocycles. The number of hydrogen-bond donors (Lipinski definition) is 2. The molecule has 0 aromatic carbocycles. The van der Waals surface area contributed by atoms with E-state index in [0.717, 1.165) is 6.08 Å². The van der Waals surface area contributed by atoms with Crippen LogP contribution in [0.1, 0.15) is 40.0 Å². The van der Waals surface area contributed by atoms with Gasteiger partial charge in [-0.25, -0.2) is 8.78 Å². The van der Waals surface area contributed by atoms with Crippen molar-refractivity contribution in [2.75, 3.05) is 6.61 Å². The number of alkyl halides is 1. The molecule has 5 rings (SSSR count). The summed E-state index contributed by atoms with van der Waals surface area (Å²) in [5, 5.41) is 21.0. The first-order valence-electron chi connectivity index (χ1n) is 10.3. The lowest BCUT2D eigenvalue weighted by Crippen LogP contribution is -2.63. The Kier molecular flexibility index (Phi) is 3.65. The van der Waals surface area contributed by atoms with Crippen LogP contribution in [0.4, 0.5) is 8.78 Å². The van der Waals surface area contributed by atoms with Gasteiger partial charge in [0.15, 0.2) is 11.6 Å². The highest BCUT2D eigenvalue weighted by Gasteiger charge is 2.83. The first kappa shape index (κ1) is 19.5. The Hall–Kier alpha value is -1.44. The van der Waals surface area contributed by atoms with Crippen molar-refractivity contribution in [2.24, 2.45) is 28.6 Å². The molecule has 158 valence electrons. The van der Waals surface area contributed by atoms with E-state index >= 15 is 4.39 Å². The molecule has 0 amide bonds. The Bertz CT molecular complexity index is 898. The van der Waals surface area contributed by atoms with Gasteiger partial charge in [-0.3, -0.25) is 9.59 Å². The number of allylic oxidation sites excluding steroid dienone is 2. The largest absolute Gasteiger partial charge is 0.388 e. The smallest absolute Gasteiger partial charge is 0.213 e. The summed E-state index contributed by atoms with van der Waals surface area (Å²) in [6.07, 6.45) is 1.59. The average molecular weight is 408 g/mol. The lowest BCUT2D eigenvalue weighted by Gasteiger charge is -2.56. The van der Waals surface area contributed by atoms with Crippen LogP contribution < -0.4 is 0 Å². The summed E-state index contributed by atoms with van der Waals surface area (Å²) >= 11 is 0. The molecule has 4 aliphatic carbocycles. The van der Waals surface area contributed by atoms with Gasteiger partial charge in [0.05, 0.1) is 6.10 Å².